The van der Waals surface area contributed by atoms with Crippen LogP contribution in [-0.2, 0) is 38.1 Å². The van der Waals surface area contributed by atoms with Crippen molar-refractivity contribution in [1.82, 2.24) is 5.32 Å². The highest BCUT2D eigenvalue weighted by Crippen LogP contribution is 2.59. The Morgan fingerprint density at radius 1 is 1.18 bits per heavy atom. The maximum Gasteiger partial charge on any atom is 0.408 e. The summed E-state index contributed by atoms with van der Waals surface area (Å²) in [5.41, 5.74) is -0.854. The largest absolute Gasteiger partial charge is 0.472 e. The highest BCUT2D eigenvalue weighted by molar-refractivity contribution is 5.93. The zero-order chi connectivity index (χ0) is 27.8. The van der Waals surface area contributed by atoms with Gasteiger partial charge in [-0.25, -0.2) is 4.79 Å². The molecule has 0 radical (unpaired) electrons. The van der Waals surface area contributed by atoms with E-state index in [-0.39, 0.29) is 12.2 Å². The molecule has 2 saturated carbocycles. The summed E-state index contributed by atoms with van der Waals surface area (Å²) in [6, 6.07) is 1.71. The molecular weight excluding hydrogens is 498 g/mol. The second-order valence-electron chi connectivity index (χ2n) is 11.6. The van der Waals surface area contributed by atoms with Crippen LogP contribution >= 0.6 is 0 Å². The number of esters is 3. The van der Waals surface area contributed by atoms with E-state index in [4.69, 9.17) is 23.4 Å². The first-order chi connectivity index (χ1) is 17.8. The number of fused-ring (bicyclic) bond motifs is 3. The first-order valence-electron chi connectivity index (χ1n) is 12.8. The van der Waals surface area contributed by atoms with E-state index in [0.717, 1.165) is 0 Å². The summed E-state index contributed by atoms with van der Waals surface area (Å²) in [4.78, 5) is 64.4. The van der Waals surface area contributed by atoms with Gasteiger partial charge in [-0.3, -0.25) is 19.2 Å². The van der Waals surface area contributed by atoms with Gasteiger partial charge in [0.15, 0.2) is 11.9 Å². The van der Waals surface area contributed by atoms with E-state index in [0.29, 0.717) is 24.8 Å². The molecule has 38 heavy (non-hydrogen) atoms. The third-order valence-corrected chi connectivity index (χ3v) is 8.02. The molecule has 0 spiro atoms. The van der Waals surface area contributed by atoms with Crippen molar-refractivity contribution >= 4 is 29.8 Å². The number of cyclic esters (lactones) is 1. The van der Waals surface area contributed by atoms with Crippen LogP contribution in [0, 0.1) is 29.1 Å². The summed E-state index contributed by atoms with van der Waals surface area (Å²) >= 11 is 0. The predicted octanol–water partition coefficient (Wildman–Crippen LogP) is 3.11. The van der Waals surface area contributed by atoms with Gasteiger partial charge in [-0.05, 0) is 57.4 Å². The summed E-state index contributed by atoms with van der Waals surface area (Å²) in [5, 5.41) is 2.32. The minimum absolute atomic E-state index is 0.0380. The van der Waals surface area contributed by atoms with Crippen LogP contribution in [0.15, 0.2) is 23.0 Å². The fourth-order valence-electron chi connectivity index (χ4n) is 6.34. The number of furan rings is 1. The van der Waals surface area contributed by atoms with Gasteiger partial charge in [0.2, 0.25) is 0 Å². The molecule has 1 aromatic heterocycles. The lowest BCUT2D eigenvalue weighted by molar-refractivity contribution is -0.194. The fraction of sp³-hybridized carbons (Fsp3) is 0.667. The molecule has 1 saturated heterocycles. The van der Waals surface area contributed by atoms with Gasteiger partial charge in [-0.2, -0.15) is 0 Å². The van der Waals surface area contributed by atoms with Gasteiger partial charge in [-0.1, -0.05) is 6.92 Å². The van der Waals surface area contributed by atoms with Gasteiger partial charge in [0.25, 0.3) is 0 Å². The van der Waals surface area contributed by atoms with E-state index in [2.05, 4.69) is 5.32 Å². The second kappa shape index (κ2) is 10.4. The molecule has 7 atom stereocenters. The number of methoxy groups -OCH3 is 1. The molecule has 3 aliphatic rings. The van der Waals surface area contributed by atoms with Crippen LogP contribution in [-0.4, -0.2) is 55.1 Å². The maximum absolute atomic E-state index is 13.9. The summed E-state index contributed by atoms with van der Waals surface area (Å²) in [6.45, 7) is 6.42. The van der Waals surface area contributed by atoms with E-state index in [1.807, 2.05) is 6.92 Å². The number of hydrogen-bond donors (Lipinski definition) is 1. The third kappa shape index (κ3) is 5.42. The van der Waals surface area contributed by atoms with Crippen molar-refractivity contribution in [2.45, 2.75) is 71.2 Å². The van der Waals surface area contributed by atoms with E-state index >= 15 is 0 Å². The lowest BCUT2D eigenvalue weighted by atomic mass is 9.48. The normalized spacial score (nSPS) is 32.8. The Kier molecular flexibility index (Phi) is 7.58. The fourth-order valence-corrected chi connectivity index (χ4v) is 6.34. The first-order valence-corrected chi connectivity index (χ1v) is 12.8. The smallest absolute Gasteiger partial charge is 0.408 e. The number of Topliss-reactive ketones (excluding diaryl/α,β-unsaturated/α-hetero) is 1. The SMILES string of the molecule is COC(=O)[C@@H]1C[C@H](OC(=O)CNC(=O)OC(C)(C)C)C(=O)[C@@H]2[C@H]3C[C@@H](c4ccoc4)OC(=O)[C@@H]3CC[C@]21C. The van der Waals surface area contributed by atoms with Crippen LogP contribution < -0.4 is 5.32 Å². The summed E-state index contributed by atoms with van der Waals surface area (Å²) in [7, 11) is 1.28. The summed E-state index contributed by atoms with van der Waals surface area (Å²) in [5.74, 6) is -4.46. The second-order valence-corrected chi connectivity index (χ2v) is 11.6. The molecule has 0 bridgehead atoms. The van der Waals surface area contributed by atoms with Crippen LogP contribution in [0.25, 0.3) is 0 Å². The number of carbonyl (C=O) groups is 5. The number of nitrogens with one attached hydrogen (secondary N) is 1. The Hall–Kier alpha value is -3.37. The molecule has 4 rings (SSSR count). The average molecular weight is 534 g/mol. The number of hydrogen-bond acceptors (Lipinski definition) is 10. The van der Waals surface area contributed by atoms with Crippen LogP contribution in [0.5, 0.6) is 0 Å². The van der Waals surface area contributed by atoms with Crippen molar-refractivity contribution < 1.29 is 47.3 Å². The van der Waals surface area contributed by atoms with Crippen molar-refractivity contribution in [1.29, 1.82) is 0 Å². The number of rotatable bonds is 5. The van der Waals surface area contributed by atoms with Gasteiger partial charge in [0.05, 0.1) is 31.5 Å². The number of amides is 1. The van der Waals surface area contributed by atoms with Gasteiger partial charge in [0.1, 0.15) is 18.2 Å². The first kappa shape index (κ1) is 27.7. The third-order valence-electron chi connectivity index (χ3n) is 8.02. The zero-order valence-corrected chi connectivity index (χ0v) is 22.3. The monoisotopic (exact) mass is 533 g/mol. The highest BCUT2D eigenvalue weighted by Gasteiger charge is 2.63. The zero-order valence-electron chi connectivity index (χ0n) is 22.3. The summed E-state index contributed by atoms with van der Waals surface area (Å²) in [6.07, 6.45) is 1.62. The average Bonchev–Trinajstić information content (AvgIpc) is 3.37. The Balaban J connectivity index is 1.57. The molecule has 11 nitrogen and oxygen atoms in total. The molecule has 208 valence electrons. The van der Waals surface area contributed by atoms with Crippen LogP contribution in [0.1, 0.15) is 65.0 Å². The lowest BCUT2D eigenvalue weighted by Crippen LogP contribution is -2.61. The minimum atomic E-state index is -1.23. The van der Waals surface area contributed by atoms with Gasteiger partial charge < -0.3 is 28.7 Å². The van der Waals surface area contributed by atoms with E-state index in [9.17, 15) is 24.0 Å². The van der Waals surface area contributed by atoms with Crippen molar-refractivity contribution in [3.63, 3.8) is 0 Å². The highest BCUT2D eigenvalue weighted by atomic mass is 16.6. The van der Waals surface area contributed by atoms with Crippen molar-refractivity contribution in [2.24, 2.45) is 29.1 Å². The Bertz CT molecular complexity index is 1090. The number of ether oxygens (including phenoxy) is 4. The summed E-state index contributed by atoms with van der Waals surface area (Å²) < 4.78 is 26.6. The lowest BCUT2D eigenvalue weighted by Gasteiger charge is -2.56. The standard InChI is InChI=1S/C27H35NO10/c1-26(2,3)38-25(33)28-12-20(29)36-19-11-17(24(32)34-5)27(4)8-6-15-16(21(27)22(19)30)10-18(37-23(15)31)14-7-9-35-13-14/h7,9,13,15-19,21H,6,8,10-12H2,1-5H3,(H,28,33)/t15-,16+,17+,18+,19+,21+,27+/m1/s1. The molecule has 1 N–H and O–H groups in total. The molecular formula is C27H35NO10. The van der Waals surface area contributed by atoms with Crippen molar-refractivity contribution in [3.8, 4) is 0 Å². The molecule has 2 heterocycles. The maximum atomic E-state index is 13.9. The van der Waals surface area contributed by atoms with Gasteiger partial charge >= 0.3 is 24.0 Å². The Morgan fingerprint density at radius 3 is 2.55 bits per heavy atom. The van der Waals surface area contributed by atoms with Crippen LogP contribution in [0.4, 0.5) is 4.79 Å². The van der Waals surface area contributed by atoms with Gasteiger partial charge in [-0.15, -0.1) is 0 Å². The van der Waals surface area contributed by atoms with Crippen LogP contribution in [0.2, 0.25) is 0 Å². The van der Waals surface area contributed by atoms with Gasteiger partial charge in [0, 0.05) is 17.9 Å². The van der Waals surface area contributed by atoms with E-state index in [1.165, 1.54) is 19.6 Å². The molecule has 0 unspecified atom stereocenters. The minimum Gasteiger partial charge on any atom is -0.472 e. The number of carbonyl (C=O) groups excluding carboxylic acids is 5. The Labute approximate surface area is 220 Å². The van der Waals surface area contributed by atoms with Crippen LogP contribution in [0.3, 0.4) is 0 Å². The van der Waals surface area contributed by atoms with E-state index < -0.39 is 77.4 Å². The quantitative estimate of drug-likeness (QED) is 0.442. The van der Waals surface area contributed by atoms with E-state index in [1.54, 1.807) is 26.8 Å². The van der Waals surface area contributed by atoms with Crippen molar-refractivity contribution in [3.05, 3.63) is 24.2 Å². The number of ketones is 1. The number of alkyl carbamates (subject to hydrolysis) is 1. The molecule has 1 aliphatic heterocycles. The molecule has 11 heteroatoms. The predicted molar refractivity (Wildman–Crippen MR) is 129 cm³/mol. The molecule has 0 aromatic carbocycles. The molecule has 1 amide bonds. The molecule has 3 fully saturated rings. The van der Waals surface area contributed by atoms with Crippen molar-refractivity contribution in [2.75, 3.05) is 13.7 Å². The molecule has 2 aliphatic carbocycles. The molecule has 1 aromatic rings. The topological polar surface area (TPSA) is 147 Å². The Morgan fingerprint density at radius 2 is 1.92 bits per heavy atom.